The molecular weight excluding hydrogens is 384 g/mol. The first kappa shape index (κ1) is 21.2. The summed E-state index contributed by atoms with van der Waals surface area (Å²) in [5.41, 5.74) is 0.560. The summed E-state index contributed by atoms with van der Waals surface area (Å²) in [5, 5.41) is 2.30. The molecule has 0 fully saturated rings. The molecule has 0 aliphatic rings. The number of ether oxygens (including phenoxy) is 1. The first-order chi connectivity index (χ1) is 12.8. The fourth-order valence-electron chi connectivity index (χ4n) is 2.33. The van der Waals surface area contributed by atoms with E-state index in [2.05, 4.69) is 15.0 Å². The molecule has 27 heavy (non-hydrogen) atoms. The largest absolute Gasteiger partial charge is 0.468 e. The van der Waals surface area contributed by atoms with Gasteiger partial charge in [0.15, 0.2) is 0 Å². The van der Waals surface area contributed by atoms with Gasteiger partial charge in [-0.25, -0.2) is 4.39 Å². The SMILES string of the molecule is COC(=O)C(CSCc1ccccn1)N[C@H](c1ccc(F)cc1)C(F)(F)F. The van der Waals surface area contributed by atoms with Crippen molar-refractivity contribution in [3.05, 3.63) is 65.7 Å². The van der Waals surface area contributed by atoms with Crippen molar-refractivity contribution in [1.29, 1.82) is 0 Å². The molecule has 9 heteroatoms. The van der Waals surface area contributed by atoms with E-state index in [0.29, 0.717) is 5.75 Å². The molecule has 0 amide bonds. The number of alkyl halides is 3. The highest BCUT2D eigenvalue weighted by Crippen LogP contribution is 2.33. The maximum absolute atomic E-state index is 13.5. The number of pyridine rings is 1. The molecule has 0 saturated carbocycles. The Bertz CT molecular complexity index is 726. The Morgan fingerprint density at radius 2 is 1.93 bits per heavy atom. The average molecular weight is 402 g/mol. The number of rotatable bonds is 8. The van der Waals surface area contributed by atoms with E-state index in [1.165, 1.54) is 11.8 Å². The molecule has 4 nitrogen and oxygen atoms in total. The molecule has 2 atom stereocenters. The van der Waals surface area contributed by atoms with Gasteiger partial charge in [-0.05, 0) is 29.8 Å². The Morgan fingerprint density at radius 1 is 1.22 bits per heavy atom. The number of hydrogen-bond acceptors (Lipinski definition) is 5. The predicted molar refractivity (Wildman–Crippen MR) is 94.5 cm³/mol. The van der Waals surface area contributed by atoms with Crippen LogP contribution in [0.1, 0.15) is 17.3 Å². The van der Waals surface area contributed by atoms with E-state index in [1.807, 2.05) is 0 Å². The van der Waals surface area contributed by atoms with Crippen molar-refractivity contribution in [2.45, 2.75) is 24.0 Å². The van der Waals surface area contributed by atoms with Gasteiger partial charge in [0.05, 0.1) is 12.8 Å². The molecule has 0 aliphatic carbocycles. The zero-order chi connectivity index (χ0) is 19.9. The standard InChI is InChI=1S/C18H18F4N2O2S/c1-26-17(25)15(11-27-10-14-4-2-3-9-23-14)24-16(18(20,21)22)12-5-7-13(19)8-6-12/h2-9,15-16,24H,10-11H2,1H3/t15?,16-/m1/s1. The highest BCUT2D eigenvalue weighted by molar-refractivity contribution is 7.98. The Balaban J connectivity index is 2.11. The molecule has 146 valence electrons. The Labute approximate surface area is 158 Å². The molecule has 0 spiro atoms. The summed E-state index contributed by atoms with van der Waals surface area (Å²) in [6.07, 6.45) is -3.06. The Hall–Kier alpha value is -2.13. The second-order valence-corrected chi connectivity index (χ2v) is 6.64. The highest BCUT2D eigenvalue weighted by Gasteiger charge is 2.43. The number of halogens is 4. The number of carbonyl (C=O) groups is 1. The molecule has 0 saturated heterocycles. The predicted octanol–water partition coefficient (Wildman–Crippen LogP) is 3.89. The van der Waals surface area contributed by atoms with E-state index >= 15 is 0 Å². The normalized spacial score (nSPS) is 13.8. The van der Waals surface area contributed by atoms with Crippen molar-refractivity contribution in [1.82, 2.24) is 10.3 Å². The molecule has 1 aromatic carbocycles. The minimum Gasteiger partial charge on any atom is -0.468 e. The lowest BCUT2D eigenvalue weighted by atomic mass is 10.1. The van der Waals surface area contributed by atoms with Gasteiger partial charge in [-0.1, -0.05) is 18.2 Å². The minimum atomic E-state index is -4.67. The van der Waals surface area contributed by atoms with Crippen LogP contribution in [0, 0.1) is 5.82 Å². The number of aromatic nitrogens is 1. The number of nitrogens with one attached hydrogen (secondary N) is 1. The molecule has 2 aromatic rings. The van der Waals surface area contributed by atoms with Crippen molar-refractivity contribution in [2.75, 3.05) is 12.9 Å². The smallest absolute Gasteiger partial charge is 0.407 e. The molecular formula is C18H18F4N2O2S. The van der Waals surface area contributed by atoms with Gasteiger partial charge in [0.1, 0.15) is 17.9 Å². The van der Waals surface area contributed by atoms with E-state index in [4.69, 9.17) is 0 Å². The van der Waals surface area contributed by atoms with Crippen LogP contribution in [-0.2, 0) is 15.3 Å². The third kappa shape index (κ3) is 6.51. The maximum atomic E-state index is 13.5. The van der Waals surface area contributed by atoms with Crippen LogP contribution in [0.15, 0.2) is 48.7 Å². The zero-order valence-electron chi connectivity index (χ0n) is 14.4. The Morgan fingerprint density at radius 3 is 2.48 bits per heavy atom. The van der Waals surface area contributed by atoms with Gasteiger partial charge < -0.3 is 4.74 Å². The summed E-state index contributed by atoms with van der Waals surface area (Å²) in [7, 11) is 1.11. The molecule has 1 unspecified atom stereocenters. The van der Waals surface area contributed by atoms with Crippen LogP contribution >= 0.6 is 11.8 Å². The van der Waals surface area contributed by atoms with Crippen LogP contribution in [0.25, 0.3) is 0 Å². The number of methoxy groups -OCH3 is 1. The zero-order valence-corrected chi connectivity index (χ0v) is 15.2. The van der Waals surface area contributed by atoms with E-state index in [1.54, 1.807) is 24.4 Å². The molecule has 0 radical (unpaired) electrons. The minimum absolute atomic E-state index is 0.0526. The molecule has 0 aliphatic heterocycles. The van der Waals surface area contributed by atoms with Gasteiger partial charge in [0.2, 0.25) is 0 Å². The van der Waals surface area contributed by atoms with Gasteiger partial charge in [-0.3, -0.25) is 15.1 Å². The third-order valence-corrected chi connectivity index (χ3v) is 4.71. The summed E-state index contributed by atoms with van der Waals surface area (Å²) >= 11 is 1.26. The van der Waals surface area contributed by atoms with Crippen molar-refractivity contribution in [3.8, 4) is 0 Å². The third-order valence-electron chi connectivity index (χ3n) is 3.64. The number of esters is 1. The fourth-order valence-corrected chi connectivity index (χ4v) is 3.29. The lowest BCUT2D eigenvalue weighted by Crippen LogP contribution is -2.46. The number of benzene rings is 1. The van der Waals surface area contributed by atoms with E-state index in [0.717, 1.165) is 37.1 Å². The van der Waals surface area contributed by atoms with Crippen LogP contribution in [0.4, 0.5) is 17.6 Å². The van der Waals surface area contributed by atoms with Gasteiger partial charge in [-0.2, -0.15) is 24.9 Å². The highest BCUT2D eigenvalue weighted by atomic mass is 32.2. The second-order valence-electron chi connectivity index (χ2n) is 5.60. The molecule has 1 aromatic heterocycles. The first-order valence-electron chi connectivity index (χ1n) is 7.95. The van der Waals surface area contributed by atoms with Crippen LogP contribution in [0.3, 0.4) is 0 Å². The van der Waals surface area contributed by atoms with E-state index in [9.17, 15) is 22.4 Å². The van der Waals surface area contributed by atoms with Crippen LogP contribution in [-0.4, -0.2) is 36.0 Å². The number of hydrogen-bond donors (Lipinski definition) is 1. The van der Waals surface area contributed by atoms with Crippen molar-refractivity contribution < 1.29 is 27.1 Å². The van der Waals surface area contributed by atoms with Crippen molar-refractivity contribution in [3.63, 3.8) is 0 Å². The summed E-state index contributed by atoms with van der Waals surface area (Å²) < 4.78 is 58.1. The van der Waals surface area contributed by atoms with Crippen molar-refractivity contribution >= 4 is 17.7 Å². The summed E-state index contributed by atoms with van der Waals surface area (Å²) in [6, 6.07) is 5.97. The summed E-state index contributed by atoms with van der Waals surface area (Å²) in [6.45, 7) is 0. The quantitative estimate of drug-likeness (QED) is 0.536. The van der Waals surface area contributed by atoms with Crippen LogP contribution < -0.4 is 5.32 Å². The summed E-state index contributed by atoms with van der Waals surface area (Å²) in [5.74, 6) is -0.963. The van der Waals surface area contributed by atoms with Gasteiger partial charge in [-0.15, -0.1) is 0 Å². The average Bonchev–Trinajstić information content (AvgIpc) is 2.64. The van der Waals surface area contributed by atoms with Crippen LogP contribution in [0.5, 0.6) is 0 Å². The Kier molecular flexibility index (Phi) is 7.61. The van der Waals surface area contributed by atoms with E-state index in [-0.39, 0.29) is 11.3 Å². The molecule has 2 rings (SSSR count). The summed E-state index contributed by atoms with van der Waals surface area (Å²) in [4.78, 5) is 16.1. The maximum Gasteiger partial charge on any atom is 0.407 e. The molecule has 1 N–H and O–H groups in total. The monoisotopic (exact) mass is 402 g/mol. The molecule has 0 bridgehead atoms. The number of carbonyl (C=O) groups excluding carboxylic acids is 1. The van der Waals surface area contributed by atoms with E-state index < -0.39 is 30.0 Å². The number of thioether (sulfide) groups is 1. The van der Waals surface area contributed by atoms with Crippen LogP contribution in [0.2, 0.25) is 0 Å². The van der Waals surface area contributed by atoms with Crippen molar-refractivity contribution in [2.24, 2.45) is 0 Å². The fraction of sp³-hybridized carbons (Fsp3) is 0.333. The lowest BCUT2D eigenvalue weighted by Gasteiger charge is -2.26. The lowest BCUT2D eigenvalue weighted by molar-refractivity contribution is -0.163. The topological polar surface area (TPSA) is 51.2 Å². The first-order valence-corrected chi connectivity index (χ1v) is 9.10. The van der Waals surface area contributed by atoms with Gasteiger partial charge in [0.25, 0.3) is 0 Å². The van der Waals surface area contributed by atoms with Gasteiger partial charge >= 0.3 is 12.1 Å². The second kappa shape index (κ2) is 9.70. The molecule has 1 heterocycles. The van der Waals surface area contributed by atoms with Gasteiger partial charge in [0, 0.05) is 17.7 Å². The number of nitrogens with zero attached hydrogens (tertiary/aromatic N) is 1.